The molecule has 0 aliphatic rings. The van der Waals surface area contributed by atoms with E-state index in [0.29, 0.717) is 17.7 Å². The maximum Gasteiger partial charge on any atom is 0.253 e. The smallest absolute Gasteiger partial charge is 0.253 e. The third-order valence-electron chi connectivity index (χ3n) is 2.69. The monoisotopic (exact) mass is 299 g/mol. The van der Waals surface area contributed by atoms with Crippen molar-refractivity contribution < 1.29 is 9.59 Å². The van der Waals surface area contributed by atoms with Crippen molar-refractivity contribution in [1.82, 2.24) is 15.5 Å². The number of carbonyl (C=O) groups is 2. The summed E-state index contributed by atoms with van der Waals surface area (Å²) in [7, 11) is 5.28. The Kier molecular flexibility index (Phi) is 8.59. The summed E-state index contributed by atoms with van der Waals surface area (Å²) in [5, 5.41) is 5.85. The average Bonchev–Trinajstić information content (AvgIpc) is 2.42. The molecule has 0 saturated carbocycles. The van der Waals surface area contributed by atoms with Crippen LogP contribution in [0.3, 0.4) is 0 Å². The molecule has 1 rings (SSSR count). The van der Waals surface area contributed by atoms with E-state index in [1.165, 1.54) is 4.90 Å². The van der Waals surface area contributed by atoms with Gasteiger partial charge in [-0.25, -0.2) is 0 Å². The zero-order valence-electron chi connectivity index (χ0n) is 12.1. The van der Waals surface area contributed by atoms with Gasteiger partial charge in [0.15, 0.2) is 0 Å². The number of carbonyl (C=O) groups excluding carboxylic acids is 2. The van der Waals surface area contributed by atoms with Crippen molar-refractivity contribution in [2.24, 2.45) is 0 Å². The molecule has 1 aromatic rings. The highest BCUT2D eigenvalue weighted by Crippen LogP contribution is 2.06. The van der Waals surface area contributed by atoms with Crippen LogP contribution in [0.5, 0.6) is 0 Å². The van der Waals surface area contributed by atoms with Gasteiger partial charge in [-0.15, -0.1) is 12.4 Å². The predicted octanol–water partition coefficient (Wildman–Crippen LogP) is 1.15. The molecule has 0 radical (unpaired) electrons. The minimum absolute atomic E-state index is 0. The van der Waals surface area contributed by atoms with Crippen molar-refractivity contribution in [2.75, 3.05) is 34.2 Å². The first-order chi connectivity index (χ1) is 9.06. The Balaban J connectivity index is 0.00000361. The first-order valence-electron chi connectivity index (χ1n) is 6.30. The standard InChI is InChI=1S/C14H21N3O2.ClH/c1-15-9-4-10-16-13(18)11-5-7-12(8-6-11)14(19)17(2)3;/h5-8,15H,4,9-10H2,1-3H3,(H,16,18);1H. The van der Waals surface area contributed by atoms with Gasteiger partial charge in [-0.05, 0) is 44.3 Å². The Morgan fingerprint density at radius 3 is 2.10 bits per heavy atom. The number of halogens is 1. The molecule has 0 spiro atoms. The van der Waals surface area contributed by atoms with E-state index in [1.807, 2.05) is 7.05 Å². The normalized spacial score (nSPS) is 9.55. The Hall–Kier alpha value is -1.59. The van der Waals surface area contributed by atoms with E-state index in [2.05, 4.69) is 10.6 Å². The molecule has 1 aromatic carbocycles. The lowest BCUT2D eigenvalue weighted by Crippen LogP contribution is -2.26. The van der Waals surface area contributed by atoms with Gasteiger partial charge in [0.1, 0.15) is 0 Å². The van der Waals surface area contributed by atoms with Crippen LogP contribution in [0.15, 0.2) is 24.3 Å². The van der Waals surface area contributed by atoms with Crippen molar-refractivity contribution in [1.29, 1.82) is 0 Å². The van der Waals surface area contributed by atoms with Crippen LogP contribution >= 0.6 is 12.4 Å². The lowest BCUT2D eigenvalue weighted by atomic mass is 10.1. The van der Waals surface area contributed by atoms with Gasteiger partial charge < -0.3 is 15.5 Å². The molecule has 20 heavy (non-hydrogen) atoms. The van der Waals surface area contributed by atoms with E-state index in [9.17, 15) is 9.59 Å². The summed E-state index contributed by atoms with van der Waals surface area (Å²) in [6, 6.07) is 6.68. The molecule has 112 valence electrons. The van der Waals surface area contributed by atoms with Crippen molar-refractivity contribution >= 4 is 24.2 Å². The maximum absolute atomic E-state index is 11.8. The van der Waals surface area contributed by atoms with Gasteiger partial charge in [0.2, 0.25) is 0 Å². The van der Waals surface area contributed by atoms with Crippen LogP contribution in [0, 0.1) is 0 Å². The Bertz CT molecular complexity index is 433. The van der Waals surface area contributed by atoms with E-state index in [1.54, 1.807) is 38.4 Å². The Labute approximate surface area is 126 Å². The molecular formula is C14H22ClN3O2. The lowest BCUT2D eigenvalue weighted by Gasteiger charge is -2.10. The molecule has 0 heterocycles. The van der Waals surface area contributed by atoms with Crippen molar-refractivity contribution in [3.8, 4) is 0 Å². The number of nitrogens with zero attached hydrogens (tertiary/aromatic N) is 1. The fourth-order valence-corrected chi connectivity index (χ4v) is 1.59. The molecule has 0 aliphatic carbocycles. The molecule has 0 aromatic heterocycles. The number of nitrogens with one attached hydrogen (secondary N) is 2. The molecule has 0 atom stereocenters. The summed E-state index contributed by atoms with van der Waals surface area (Å²) < 4.78 is 0. The highest BCUT2D eigenvalue weighted by Gasteiger charge is 2.09. The first kappa shape index (κ1) is 18.4. The lowest BCUT2D eigenvalue weighted by molar-refractivity contribution is 0.0826. The fraction of sp³-hybridized carbons (Fsp3) is 0.429. The second-order valence-electron chi connectivity index (χ2n) is 4.49. The van der Waals surface area contributed by atoms with Crippen LogP contribution in [0.4, 0.5) is 0 Å². The van der Waals surface area contributed by atoms with E-state index >= 15 is 0 Å². The van der Waals surface area contributed by atoms with Crippen molar-refractivity contribution in [2.45, 2.75) is 6.42 Å². The van der Waals surface area contributed by atoms with Crippen LogP contribution in [0.25, 0.3) is 0 Å². The van der Waals surface area contributed by atoms with Crippen LogP contribution in [0.2, 0.25) is 0 Å². The summed E-state index contributed by atoms with van der Waals surface area (Å²) in [5.41, 5.74) is 1.15. The highest BCUT2D eigenvalue weighted by atomic mass is 35.5. The summed E-state index contributed by atoms with van der Waals surface area (Å²) in [6.45, 7) is 1.51. The third-order valence-corrected chi connectivity index (χ3v) is 2.69. The SMILES string of the molecule is CNCCCNC(=O)c1ccc(C(=O)N(C)C)cc1.Cl. The average molecular weight is 300 g/mol. The van der Waals surface area contributed by atoms with Gasteiger partial charge in [0.25, 0.3) is 11.8 Å². The Morgan fingerprint density at radius 1 is 1.05 bits per heavy atom. The molecule has 0 unspecified atom stereocenters. The number of hydrogen-bond donors (Lipinski definition) is 2. The van der Waals surface area contributed by atoms with E-state index in [0.717, 1.165) is 13.0 Å². The van der Waals surface area contributed by atoms with Gasteiger partial charge in [-0.1, -0.05) is 0 Å². The van der Waals surface area contributed by atoms with Crippen LogP contribution in [-0.2, 0) is 0 Å². The topological polar surface area (TPSA) is 61.4 Å². The number of hydrogen-bond acceptors (Lipinski definition) is 3. The zero-order valence-corrected chi connectivity index (χ0v) is 12.9. The van der Waals surface area contributed by atoms with Gasteiger partial charge >= 0.3 is 0 Å². The largest absolute Gasteiger partial charge is 0.352 e. The minimum atomic E-state index is -0.111. The van der Waals surface area contributed by atoms with E-state index < -0.39 is 0 Å². The highest BCUT2D eigenvalue weighted by molar-refractivity contribution is 5.97. The van der Waals surface area contributed by atoms with Crippen LogP contribution < -0.4 is 10.6 Å². The minimum Gasteiger partial charge on any atom is -0.352 e. The molecular weight excluding hydrogens is 278 g/mol. The number of benzene rings is 1. The molecule has 0 saturated heterocycles. The quantitative estimate of drug-likeness (QED) is 0.775. The molecule has 0 bridgehead atoms. The van der Waals surface area contributed by atoms with Crippen LogP contribution in [-0.4, -0.2) is 50.9 Å². The number of rotatable bonds is 6. The first-order valence-corrected chi connectivity index (χ1v) is 6.30. The van der Waals surface area contributed by atoms with Crippen molar-refractivity contribution in [3.63, 3.8) is 0 Å². The summed E-state index contributed by atoms with van der Waals surface area (Å²) >= 11 is 0. The molecule has 0 fully saturated rings. The molecule has 2 N–H and O–H groups in total. The summed E-state index contributed by atoms with van der Waals surface area (Å²) in [4.78, 5) is 25.0. The number of amides is 2. The van der Waals surface area contributed by atoms with Gasteiger partial charge in [0.05, 0.1) is 0 Å². The van der Waals surface area contributed by atoms with Gasteiger partial charge in [-0.3, -0.25) is 9.59 Å². The van der Waals surface area contributed by atoms with Gasteiger partial charge in [-0.2, -0.15) is 0 Å². The van der Waals surface area contributed by atoms with E-state index in [-0.39, 0.29) is 24.2 Å². The zero-order chi connectivity index (χ0) is 14.3. The van der Waals surface area contributed by atoms with Crippen molar-refractivity contribution in [3.05, 3.63) is 35.4 Å². The summed E-state index contributed by atoms with van der Waals surface area (Å²) in [6.07, 6.45) is 0.888. The predicted molar refractivity (Wildman–Crippen MR) is 82.6 cm³/mol. The molecule has 0 aliphatic heterocycles. The fourth-order valence-electron chi connectivity index (χ4n) is 1.59. The second kappa shape index (κ2) is 9.34. The molecule has 6 heteroatoms. The second-order valence-corrected chi connectivity index (χ2v) is 4.49. The molecule has 2 amide bonds. The maximum atomic E-state index is 11.8. The molecule has 5 nitrogen and oxygen atoms in total. The summed E-state index contributed by atoms with van der Waals surface area (Å²) in [5.74, 6) is -0.180. The Morgan fingerprint density at radius 2 is 1.60 bits per heavy atom. The van der Waals surface area contributed by atoms with Crippen LogP contribution in [0.1, 0.15) is 27.1 Å². The van der Waals surface area contributed by atoms with E-state index in [4.69, 9.17) is 0 Å². The third kappa shape index (κ3) is 5.59. The van der Waals surface area contributed by atoms with Gasteiger partial charge in [0, 0.05) is 31.8 Å².